The molecule has 0 aliphatic carbocycles. The summed E-state index contributed by atoms with van der Waals surface area (Å²) >= 11 is 0. The number of unbranched alkanes of at least 4 members (excludes halogenated alkanes) is 12. The van der Waals surface area contributed by atoms with E-state index in [1.165, 1.54) is 83.5 Å². The third-order valence-corrected chi connectivity index (χ3v) is 4.02. The Morgan fingerprint density at radius 1 is 0.857 bits per heavy atom. The number of rotatable bonds is 14. The maximum Gasteiger partial charge on any atom is 0.129 e. The van der Waals surface area contributed by atoms with Crippen molar-refractivity contribution >= 4 is 6.08 Å². The number of nitrogens with one attached hydrogen (secondary N) is 1. The van der Waals surface area contributed by atoms with Gasteiger partial charge in [-0.15, -0.1) is 0 Å². The van der Waals surface area contributed by atoms with Crippen molar-refractivity contribution in [2.45, 2.75) is 90.4 Å². The molecule has 0 unspecified atom stereocenters. The van der Waals surface area contributed by atoms with E-state index in [9.17, 15) is 0 Å². The molecular weight excluding hydrogens is 256 g/mol. The van der Waals surface area contributed by atoms with Gasteiger partial charge in [0.25, 0.3) is 0 Å². The molecule has 1 rings (SSSR count). The van der Waals surface area contributed by atoms with Crippen molar-refractivity contribution in [1.82, 2.24) is 9.97 Å². The lowest BCUT2D eigenvalue weighted by molar-refractivity contribution is 0.545. The number of hydrogen-bond acceptors (Lipinski definition) is 1. The van der Waals surface area contributed by atoms with Gasteiger partial charge >= 0.3 is 0 Å². The van der Waals surface area contributed by atoms with Crippen molar-refractivity contribution < 1.29 is 0 Å². The molecule has 21 heavy (non-hydrogen) atoms. The van der Waals surface area contributed by atoms with Crippen LogP contribution < -0.4 is 0 Å². The van der Waals surface area contributed by atoms with Gasteiger partial charge < -0.3 is 4.98 Å². The SMILES string of the molecule is CCCCCCCCCCCCCCC=Cc1ncc[nH]1. The quantitative estimate of drug-likeness (QED) is 0.388. The average Bonchev–Trinajstić information content (AvgIpc) is 3.01. The number of aromatic amines is 1. The van der Waals surface area contributed by atoms with E-state index in [2.05, 4.69) is 29.0 Å². The van der Waals surface area contributed by atoms with Crippen molar-refractivity contribution in [3.63, 3.8) is 0 Å². The van der Waals surface area contributed by atoms with Crippen molar-refractivity contribution in [3.05, 3.63) is 24.3 Å². The predicted molar refractivity (Wildman–Crippen MR) is 93.3 cm³/mol. The highest BCUT2D eigenvalue weighted by Gasteiger charge is 1.93. The number of H-pyrrole nitrogens is 1. The zero-order valence-electron chi connectivity index (χ0n) is 13.9. The van der Waals surface area contributed by atoms with E-state index in [1.807, 2.05) is 6.20 Å². The minimum absolute atomic E-state index is 0.967. The summed E-state index contributed by atoms with van der Waals surface area (Å²) in [6.45, 7) is 2.28. The van der Waals surface area contributed by atoms with Crippen molar-refractivity contribution in [1.29, 1.82) is 0 Å². The first-order valence-electron chi connectivity index (χ1n) is 9.09. The van der Waals surface area contributed by atoms with Crippen LogP contribution >= 0.6 is 0 Å². The molecule has 1 N–H and O–H groups in total. The summed E-state index contributed by atoms with van der Waals surface area (Å²) in [6, 6.07) is 0. The second-order valence-corrected chi connectivity index (χ2v) is 6.05. The smallest absolute Gasteiger partial charge is 0.129 e. The standard InChI is InChI=1S/C19H34N2/c1-2-3-4-5-6-7-8-9-10-11-12-13-14-15-16-19-20-17-18-21-19/h15-18H,2-14H2,1H3,(H,20,21). The zero-order chi connectivity index (χ0) is 15.0. The molecule has 0 aliphatic heterocycles. The first-order valence-corrected chi connectivity index (χ1v) is 9.09. The zero-order valence-corrected chi connectivity index (χ0v) is 13.9. The second kappa shape index (κ2) is 13.9. The van der Waals surface area contributed by atoms with Gasteiger partial charge in [-0.2, -0.15) is 0 Å². The molecule has 0 saturated heterocycles. The Hall–Kier alpha value is -1.05. The molecule has 0 aromatic carbocycles. The minimum Gasteiger partial charge on any atom is -0.345 e. The summed E-state index contributed by atoms with van der Waals surface area (Å²) in [5, 5.41) is 0. The molecule has 0 amide bonds. The average molecular weight is 290 g/mol. The van der Waals surface area contributed by atoms with E-state index in [0.29, 0.717) is 0 Å². The highest BCUT2D eigenvalue weighted by atomic mass is 14.9. The van der Waals surface area contributed by atoms with E-state index in [1.54, 1.807) is 6.20 Å². The molecule has 1 heterocycles. The van der Waals surface area contributed by atoms with Gasteiger partial charge in [-0.25, -0.2) is 4.98 Å². The van der Waals surface area contributed by atoms with Gasteiger partial charge in [0.1, 0.15) is 5.82 Å². The fourth-order valence-electron chi connectivity index (χ4n) is 2.67. The molecule has 2 heteroatoms. The number of imidazole rings is 1. The van der Waals surface area contributed by atoms with E-state index in [-0.39, 0.29) is 0 Å². The molecule has 0 bridgehead atoms. The van der Waals surface area contributed by atoms with Crippen molar-refractivity contribution in [3.8, 4) is 0 Å². The van der Waals surface area contributed by atoms with Gasteiger partial charge in [-0.1, -0.05) is 83.6 Å². The van der Waals surface area contributed by atoms with Crippen molar-refractivity contribution in [2.75, 3.05) is 0 Å². The van der Waals surface area contributed by atoms with Crippen LogP contribution in [0.1, 0.15) is 96.2 Å². The summed E-state index contributed by atoms with van der Waals surface area (Å²) in [6.07, 6.45) is 26.2. The van der Waals surface area contributed by atoms with E-state index in [4.69, 9.17) is 0 Å². The molecule has 1 aromatic rings. The Balaban J connectivity index is 1.75. The largest absolute Gasteiger partial charge is 0.345 e. The molecule has 0 saturated carbocycles. The van der Waals surface area contributed by atoms with Crippen LogP contribution in [0, 0.1) is 0 Å². The van der Waals surface area contributed by atoms with Gasteiger partial charge in [0.15, 0.2) is 0 Å². The lowest BCUT2D eigenvalue weighted by Crippen LogP contribution is -1.82. The second-order valence-electron chi connectivity index (χ2n) is 6.05. The van der Waals surface area contributed by atoms with Gasteiger partial charge in [-0.3, -0.25) is 0 Å². The first-order chi connectivity index (χ1) is 10.4. The summed E-state index contributed by atoms with van der Waals surface area (Å²) in [4.78, 5) is 7.26. The van der Waals surface area contributed by atoms with Crippen LogP contribution in [0.3, 0.4) is 0 Å². The van der Waals surface area contributed by atoms with Crippen LogP contribution in [0.25, 0.3) is 6.08 Å². The van der Waals surface area contributed by atoms with Crippen LogP contribution in [0.2, 0.25) is 0 Å². The van der Waals surface area contributed by atoms with Crippen LogP contribution in [0.5, 0.6) is 0 Å². The normalized spacial score (nSPS) is 11.5. The Morgan fingerprint density at radius 3 is 1.95 bits per heavy atom. The van der Waals surface area contributed by atoms with Crippen LogP contribution in [0.4, 0.5) is 0 Å². The summed E-state index contributed by atoms with van der Waals surface area (Å²) in [5.74, 6) is 0.967. The molecular formula is C19H34N2. The van der Waals surface area contributed by atoms with E-state index in [0.717, 1.165) is 5.82 Å². The highest BCUT2D eigenvalue weighted by Crippen LogP contribution is 2.12. The van der Waals surface area contributed by atoms with Crippen molar-refractivity contribution in [2.24, 2.45) is 0 Å². The summed E-state index contributed by atoms with van der Waals surface area (Å²) in [7, 11) is 0. The van der Waals surface area contributed by atoms with Gasteiger partial charge in [0.05, 0.1) is 0 Å². The molecule has 2 nitrogen and oxygen atoms in total. The lowest BCUT2D eigenvalue weighted by atomic mass is 10.0. The fraction of sp³-hybridized carbons (Fsp3) is 0.737. The topological polar surface area (TPSA) is 28.7 Å². The predicted octanol–water partition coefficient (Wildman–Crippen LogP) is 6.51. The minimum atomic E-state index is 0.967. The number of allylic oxidation sites excluding steroid dienone is 1. The monoisotopic (exact) mass is 290 g/mol. The van der Waals surface area contributed by atoms with E-state index < -0.39 is 0 Å². The molecule has 0 radical (unpaired) electrons. The first kappa shape index (κ1) is 18.0. The Kier molecular flexibility index (Phi) is 11.9. The Labute approximate surface area is 131 Å². The number of hydrogen-bond donors (Lipinski definition) is 1. The van der Waals surface area contributed by atoms with Crippen LogP contribution in [-0.2, 0) is 0 Å². The molecule has 0 spiro atoms. The third kappa shape index (κ3) is 11.3. The summed E-state index contributed by atoms with van der Waals surface area (Å²) < 4.78 is 0. The number of aromatic nitrogens is 2. The molecule has 0 atom stereocenters. The fourth-order valence-corrected chi connectivity index (χ4v) is 2.67. The Bertz CT molecular complexity index is 327. The highest BCUT2D eigenvalue weighted by molar-refractivity contribution is 5.38. The molecule has 0 aliphatic rings. The lowest BCUT2D eigenvalue weighted by Gasteiger charge is -2.02. The molecule has 1 aromatic heterocycles. The van der Waals surface area contributed by atoms with Crippen LogP contribution in [-0.4, -0.2) is 9.97 Å². The Morgan fingerprint density at radius 2 is 1.43 bits per heavy atom. The number of nitrogens with zero attached hydrogens (tertiary/aromatic N) is 1. The maximum absolute atomic E-state index is 4.17. The van der Waals surface area contributed by atoms with Crippen LogP contribution in [0.15, 0.2) is 18.5 Å². The third-order valence-electron chi connectivity index (χ3n) is 4.02. The summed E-state index contributed by atoms with van der Waals surface area (Å²) in [5.41, 5.74) is 0. The maximum atomic E-state index is 4.17. The molecule has 0 fully saturated rings. The van der Waals surface area contributed by atoms with E-state index >= 15 is 0 Å². The molecule has 120 valence electrons. The van der Waals surface area contributed by atoms with Gasteiger partial charge in [-0.05, 0) is 18.9 Å². The van der Waals surface area contributed by atoms with Gasteiger partial charge in [0.2, 0.25) is 0 Å². The van der Waals surface area contributed by atoms with Gasteiger partial charge in [0, 0.05) is 12.4 Å².